The summed E-state index contributed by atoms with van der Waals surface area (Å²) in [5.74, 6) is -1.75. The molecule has 1 aromatic carbocycles. The van der Waals surface area contributed by atoms with Gasteiger partial charge in [-0.25, -0.2) is 0 Å². The largest absolute Gasteiger partial charge is 0.469 e. The Kier molecular flexibility index (Phi) is 3.74. The first-order valence-electron chi connectivity index (χ1n) is 8.18. The number of ether oxygens (including phenoxy) is 2. The van der Waals surface area contributed by atoms with Crippen LogP contribution in [-0.4, -0.2) is 36.7 Å². The quantitative estimate of drug-likeness (QED) is 0.612. The third kappa shape index (κ3) is 2.12. The van der Waals surface area contributed by atoms with Crippen LogP contribution in [0.1, 0.15) is 6.42 Å². The molecule has 2 fully saturated rings. The minimum absolute atomic E-state index is 0.128. The molecule has 1 spiro atoms. The zero-order valence-electron chi connectivity index (χ0n) is 13.7. The molecule has 0 radical (unpaired) electrons. The summed E-state index contributed by atoms with van der Waals surface area (Å²) in [5, 5.41) is 0.596. The van der Waals surface area contributed by atoms with E-state index in [9.17, 15) is 9.59 Å². The molecule has 6 heteroatoms. The second-order valence-corrected chi connectivity index (χ2v) is 6.98. The van der Waals surface area contributed by atoms with E-state index >= 15 is 0 Å². The number of hydrogen-bond donors (Lipinski definition) is 0. The first kappa shape index (κ1) is 16.4. The van der Waals surface area contributed by atoms with Crippen LogP contribution < -0.4 is 4.90 Å². The van der Waals surface area contributed by atoms with Crippen molar-refractivity contribution in [1.82, 2.24) is 0 Å². The number of fused-ring (bicyclic) bond motifs is 1. The van der Waals surface area contributed by atoms with Crippen molar-refractivity contribution in [3.63, 3.8) is 0 Å². The molecule has 0 unspecified atom stereocenters. The van der Waals surface area contributed by atoms with Crippen molar-refractivity contribution < 1.29 is 19.1 Å². The van der Waals surface area contributed by atoms with Crippen LogP contribution in [0.3, 0.4) is 0 Å². The number of methoxy groups -OCH3 is 1. The molecule has 3 heterocycles. The number of esters is 1. The fraction of sp³-hybridized carbons (Fsp3) is 0.368. The second-order valence-electron chi connectivity index (χ2n) is 6.55. The van der Waals surface area contributed by atoms with Gasteiger partial charge in [0.1, 0.15) is 11.5 Å². The molecule has 5 atom stereocenters. The van der Waals surface area contributed by atoms with E-state index in [1.165, 1.54) is 7.11 Å². The number of anilines is 1. The summed E-state index contributed by atoms with van der Waals surface area (Å²) in [4.78, 5) is 27.3. The molecule has 3 aliphatic rings. The summed E-state index contributed by atoms with van der Waals surface area (Å²) < 4.78 is 11.1. The van der Waals surface area contributed by atoms with Gasteiger partial charge in [-0.05, 0) is 30.7 Å². The van der Waals surface area contributed by atoms with Crippen LogP contribution in [0, 0.1) is 11.8 Å². The van der Waals surface area contributed by atoms with E-state index in [0.29, 0.717) is 11.4 Å². The molecular weight excluding hydrogens is 342 g/mol. The zero-order valence-corrected chi connectivity index (χ0v) is 14.5. The molecule has 3 aliphatic heterocycles. The normalized spacial score (nSPS) is 35.1. The molecule has 0 aromatic heterocycles. The summed E-state index contributed by atoms with van der Waals surface area (Å²) in [6.07, 6.45) is 5.71. The fourth-order valence-electron chi connectivity index (χ4n) is 4.41. The Morgan fingerprint density at radius 2 is 2.16 bits per heavy atom. The molecule has 25 heavy (non-hydrogen) atoms. The fourth-order valence-corrected chi connectivity index (χ4v) is 4.54. The van der Waals surface area contributed by atoms with Crippen LogP contribution in [0.4, 0.5) is 5.69 Å². The summed E-state index contributed by atoms with van der Waals surface area (Å²) in [7, 11) is 1.34. The van der Waals surface area contributed by atoms with E-state index in [1.54, 1.807) is 35.2 Å². The first-order chi connectivity index (χ1) is 12.0. The standard InChI is InChI=1S/C19H18ClNO4/c1-3-4-14-19-10-9-13(25-19)15(18(23)24-2)16(19)17(22)21(14)12-7-5-11(20)6-8-12/h3,5-10,13-16H,1,4H2,2H3/t13-,14+,15+,16-,19+/m0/s1. The van der Waals surface area contributed by atoms with E-state index in [1.807, 2.05) is 12.2 Å². The lowest BCUT2D eigenvalue weighted by Gasteiger charge is -2.32. The lowest BCUT2D eigenvalue weighted by atomic mass is 9.74. The number of carbonyl (C=O) groups excluding carboxylic acids is 2. The molecule has 2 bridgehead atoms. The third-order valence-electron chi connectivity index (χ3n) is 5.39. The van der Waals surface area contributed by atoms with Gasteiger partial charge in [-0.2, -0.15) is 0 Å². The number of carbonyl (C=O) groups is 2. The van der Waals surface area contributed by atoms with Gasteiger partial charge < -0.3 is 14.4 Å². The number of rotatable bonds is 4. The van der Waals surface area contributed by atoms with E-state index in [4.69, 9.17) is 21.1 Å². The van der Waals surface area contributed by atoms with Crippen molar-refractivity contribution in [2.24, 2.45) is 11.8 Å². The predicted molar refractivity (Wildman–Crippen MR) is 93.3 cm³/mol. The van der Waals surface area contributed by atoms with Gasteiger partial charge in [0.15, 0.2) is 0 Å². The lowest BCUT2D eigenvalue weighted by molar-refractivity contribution is -0.149. The van der Waals surface area contributed by atoms with Crippen LogP contribution in [0.25, 0.3) is 0 Å². The summed E-state index contributed by atoms with van der Waals surface area (Å²) >= 11 is 5.98. The summed E-state index contributed by atoms with van der Waals surface area (Å²) in [5.41, 5.74) is -0.0943. The summed E-state index contributed by atoms with van der Waals surface area (Å²) in [6, 6.07) is 6.83. The van der Waals surface area contributed by atoms with Gasteiger partial charge in [-0.3, -0.25) is 9.59 Å². The highest BCUT2D eigenvalue weighted by Gasteiger charge is 2.71. The Balaban J connectivity index is 1.81. The van der Waals surface area contributed by atoms with E-state index in [0.717, 1.165) is 5.69 Å². The van der Waals surface area contributed by atoms with Crippen molar-refractivity contribution in [2.75, 3.05) is 12.0 Å². The molecule has 0 saturated carbocycles. The minimum Gasteiger partial charge on any atom is -0.469 e. The Morgan fingerprint density at radius 1 is 1.44 bits per heavy atom. The molecule has 1 aromatic rings. The van der Waals surface area contributed by atoms with Gasteiger partial charge in [0.05, 0.1) is 25.2 Å². The monoisotopic (exact) mass is 359 g/mol. The smallest absolute Gasteiger partial charge is 0.312 e. The van der Waals surface area contributed by atoms with Crippen molar-refractivity contribution in [3.8, 4) is 0 Å². The maximum Gasteiger partial charge on any atom is 0.312 e. The van der Waals surface area contributed by atoms with Crippen molar-refractivity contribution >= 4 is 29.2 Å². The number of nitrogens with zero attached hydrogens (tertiary/aromatic N) is 1. The molecular formula is C19H18ClNO4. The molecule has 0 aliphatic carbocycles. The molecule has 130 valence electrons. The van der Waals surface area contributed by atoms with Crippen LogP contribution in [0.5, 0.6) is 0 Å². The van der Waals surface area contributed by atoms with Crippen LogP contribution in [-0.2, 0) is 19.1 Å². The van der Waals surface area contributed by atoms with Gasteiger partial charge in [-0.15, -0.1) is 6.58 Å². The first-order valence-corrected chi connectivity index (χ1v) is 8.56. The highest BCUT2D eigenvalue weighted by Crippen LogP contribution is 2.56. The molecule has 5 nitrogen and oxygen atoms in total. The Hall–Kier alpha value is -2.11. The van der Waals surface area contributed by atoms with Crippen LogP contribution in [0.15, 0.2) is 49.1 Å². The highest BCUT2D eigenvalue weighted by atomic mass is 35.5. The number of halogens is 1. The average Bonchev–Trinajstić information content (AvgIpc) is 3.25. The Morgan fingerprint density at radius 3 is 2.80 bits per heavy atom. The van der Waals surface area contributed by atoms with Gasteiger partial charge in [0.2, 0.25) is 5.91 Å². The zero-order chi connectivity index (χ0) is 17.8. The Labute approximate surface area is 150 Å². The van der Waals surface area contributed by atoms with Gasteiger partial charge in [0.25, 0.3) is 0 Å². The Bertz CT molecular complexity index is 774. The molecule has 2 saturated heterocycles. The summed E-state index contributed by atoms with van der Waals surface area (Å²) in [6.45, 7) is 3.82. The average molecular weight is 360 g/mol. The van der Waals surface area contributed by atoms with Crippen LogP contribution in [0.2, 0.25) is 5.02 Å². The van der Waals surface area contributed by atoms with Crippen molar-refractivity contribution in [2.45, 2.75) is 24.2 Å². The third-order valence-corrected chi connectivity index (χ3v) is 5.64. The van der Waals surface area contributed by atoms with E-state index < -0.39 is 29.5 Å². The number of amides is 1. The lowest BCUT2D eigenvalue weighted by Crippen LogP contribution is -2.45. The number of hydrogen-bond acceptors (Lipinski definition) is 4. The van der Waals surface area contributed by atoms with Crippen LogP contribution >= 0.6 is 11.6 Å². The van der Waals surface area contributed by atoms with Gasteiger partial charge >= 0.3 is 5.97 Å². The van der Waals surface area contributed by atoms with Gasteiger partial charge in [0, 0.05) is 10.7 Å². The molecule has 0 N–H and O–H groups in total. The molecule has 4 rings (SSSR count). The number of benzene rings is 1. The maximum absolute atomic E-state index is 13.3. The van der Waals surface area contributed by atoms with Gasteiger partial charge in [-0.1, -0.05) is 29.8 Å². The molecule has 1 amide bonds. The van der Waals surface area contributed by atoms with E-state index in [-0.39, 0.29) is 11.9 Å². The topological polar surface area (TPSA) is 55.8 Å². The minimum atomic E-state index is -0.825. The maximum atomic E-state index is 13.3. The highest BCUT2D eigenvalue weighted by molar-refractivity contribution is 6.30. The van der Waals surface area contributed by atoms with E-state index in [2.05, 4.69) is 6.58 Å². The van der Waals surface area contributed by atoms with Crippen molar-refractivity contribution in [3.05, 3.63) is 54.1 Å². The second kappa shape index (κ2) is 5.71. The SMILES string of the molecule is C=CC[C@H]1N(c2ccc(Cl)cc2)C(=O)[C@@H]2[C@H](C(=O)OC)[C@@H]3C=C[C@]21O3. The predicted octanol–water partition coefficient (Wildman–Crippen LogP) is 2.74. The van der Waals surface area contributed by atoms with Crippen molar-refractivity contribution in [1.29, 1.82) is 0 Å².